The van der Waals surface area contributed by atoms with E-state index >= 15 is 0 Å². The second kappa shape index (κ2) is 11.5. The van der Waals surface area contributed by atoms with E-state index in [-0.39, 0.29) is 28.5 Å². The van der Waals surface area contributed by atoms with Gasteiger partial charge >= 0.3 is 0 Å². The first-order valence-electron chi connectivity index (χ1n) is 12.3. The zero-order valence-corrected chi connectivity index (χ0v) is 22.3. The Morgan fingerprint density at radius 2 is 1.44 bits per heavy atom. The zero-order valence-electron chi connectivity index (χ0n) is 22.3. The van der Waals surface area contributed by atoms with Crippen LogP contribution in [0.5, 0.6) is 17.2 Å². The largest absolute Gasteiger partial charge is 0.497 e. The lowest BCUT2D eigenvalue weighted by molar-refractivity contribution is -0.384. The molecule has 0 saturated heterocycles. The molecule has 5 rings (SSSR count). The third-order valence-electron chi connectivity index (χ3n) is 6.34. The number of methoxy groups -OCH3 is 3. The fourth-order valence-corrected chi connectivity index (χ4v) is 4.28. The van der Waals surface area contributed by atoms with Crippen molar-refractivity contribution in [1.82, 2.24) is 0 Å². The van der Waals surface area contributed by atoms with Crippen LogP contribution in [0.15, 0.2) is 92.7 Å². The quantitative estimate of drug-likeness (QED) is 0.105. The van der Waals surface area contributed by atoms with E-state index in [4.69, 9.17) is 23.0 Å². The molecule has 0 aliphatic rings. The van der Waals surface area contributed by atoms with Crippen molar-refractivity contribution in [3.8, 4) is 57.1 Å². The van der Waals surface area contributed by atoms with Crippen molar-refractivity contribution in [3.63, 3.8) is 0 Å². The fraction of sp³-hybridized carbons (Fsp3) is 0.0968. The van der Waals surface area contributed by atoms with Gasteiger partial charge in [0.25, 0.3) is 5.69 Å². The van der Waals surface area contributed by atoms with Crippen molar-refractivity contribution in [3.05, 3.63) is 100 Å². The van der Waals surface area contributed by atoms with E-state index in [1.165, 1.54) is 19.4 Å². The van der Waals surface area contributed by atoms with Gasteiger partial charge in [0.1, 0.15) is 46.2 Å². The summed E-state index contributed by atoms with van der Waals surface area (Å²) in [6.45, 7) is 0. The third-order valence-corrected chi connectivity index (χ3v) is 6.34. The average molecular weight is 550 g/mol. The van der Waals surface area contributed by atoms with Gasteiger partial charge in [-0.05, 0) is 66.2 Å². The number of furan rings is 2. The Morgan fingerprint density at radius 1 is 0.829 bits per heavy atom. The van der Waals surface area contributed by atoms with Crippen LogP contribution in [0, 0.1) is 21.4 Å². The predicted octanol–water partition coefficient (Wildman–Crippen LogP) is 7.43. The average Bonchev–Trinajstić information content (AvgIpc) is 3.64. The van der Waals surface area contributed by atoms with Crippen LogP contribution >= 0.6 is 0 Å². The first-order valence-corrected chi connectivity index (χ1v) is 12.3. The van der Waals surface area contributed by atoms with Crippen LogP contribution in [-0.4, -0.2) is 32.5 Å². The summed E-state index contributed by atoms with van der Waals surface area (Å²) >= 11 is 0. The molecule has 0 spiro atoms. The van der Waals surface area contributed by atoms with E-state index < -0.39 is 4.92 Å². The molecule has 2 heterocycles. The summed E-state index contributed by atoms with van der Waals surface area (Å²) in [5.41, 5.74) is 2.39. The highest BCUT2D eigenvalue weighted by molar-refractivity contribution is 5.89. The molecule has 0 aliphatic heterocycles. The van der Waals surface area contributed by atoms with E-state index in [0.29, 0.717) is 34.3 Å². The van der Waals surface area contributed by atoms with Crippen LogP contribution < -0.4 is 14.2 Å². The highest BCUT2D eigenvalue weighted by Gasteiger charge is 2.24. The van der Waals surface area contributed by atoms with E-state index in [1.54, 1.807) is 62.8 Å². The molecule has 0 bridgehead atoms. The topological polar surface area (TPSA) is 133 Å². The van der Waals surface area contributed by atoms with Gasteiger partial charge in [0.2, 0.25) is 5.88 Å². The van der Waals surface area contributed by atoms with E-state index in [1.807, 2.05) is 24.3 Å². The molecule has 10 heteroatoms. The molecular weight excluding hydrogens is 526 g/mol. The molecule has 204 valence electrons. The molecule has 0 fully saturated rings. The maximum absolute atomic E-state index is 11.6. The lowest BCUT2D eigenvalue weighted by Gasteiger charge is -2.06. The normalized spacial score (nSPS) is 10.9. The summed E-state index contributed by atoms with van der Waals surface area (Å²) in [4.78, 5) is 15.5. The summed E-state index contributed by atoms with van der Waals surface area (Å²) < 4.78 is 27.7. The van der Waals surface area contributed by atoms with Gasteiger partial charge in [-0.3, -0.25) is 10.1 Å². The molecule has 5 aromatic rings. The number of nitriles is 1. The third kappa shape index (κ3) is 5.37. The highest BCUT2D eigenvalue weighted by atomic mass is 16.6. The summed E-state index contributed by atoms with van der Waals surface area (Å²) in [5.74, 6) is 2.83. The van der Waals surface area contributed by atoms with Gasteiger partial charge in [0, 0.05) is 11.1 Å². The monoisotopic (exact) mass is 549 g/mol. The molecule has 41 heavy (non-hydrogen) atoms. The second-order valence-corrected chi connectivity index (χ2v) is 8.66. The summed E-state index contributed by atoms with van der Waals surface area (Å²) in [7, 11) is 4.60. The standard InChI is InChI=1S/C31H23N3O7/c1-37-21-8-4-19(5-9-21)29-26(17-32)31(41-30(29)20-6-10-22(38-2)11-7-20)33-18-24-13-15-28(40-24)25-14-12-23(39-3)16-27(25)34(35)36/h4-16,18H,1-3H3. The van der Waals surface area contributed by atoms with Gasteiger partial charge in [0.05, 0.1) is 44.1 Å². The Hall–Kier alpha value is -5.82. The highest BCUT2D eigenvalue weighted by Crippen LogP contribution is 2.43. The molecule has 2 aromatic heterocycles. The molecule has 0 radical (unpaired) electrons. The Kier molecular flexibility index (Phi) is 7.52. The Bertz CT molecular complexity index is 1780. The lowest BCUT2D eigenvalue weighted by atomic mass is 9.98. The van der Waals surface area contributed by atoms with Crippen molar-refractivity contribution in [2.45, 2.75) is 0 Å². The number of rotatable bonds is 9. The number of aliphatic imine (C=N–C) groups is 1. The van der Waals surface area contributed by atoms with Gasteiger partial charge in [0.15, 0.2) is 0 Å². The molecule has 0 saturated carbocycles. The van der Waals surface area contributed by atoms with Crippen LogP contribution in [0.25, 0.3) is 33.8 Å². The van der Waals surface area contributed by atoms with Gasteiger partial charge in [-0.15, -0.1) is 0 Å². The van der Waals surface area contributed by atoms with Crippen LogP contribution in [0.2, 0.25) is 0 Å². The molecule has 0 aliphatic carbocycles. The predicted molar refractivity (Wildman–Crippen MR) is 152 cm³/mol. The van der Waals surface area contributed by atoms with Crippen molar-refractivity contribution >= 4 is 17.8 Å². The van der Waals surface area contributed by atoms with Crippen molar-refractivity contribution < 1.29 is 28.0 Å². The first-order chi connectivity index (χ1) is 19.9. The van der Waals surface area contributed by atoms with Crippen molar-refractivity contribution in [1.29, 1.82) is 5.26 Å². The minimum absolute atomic E-state index is 0.0810. The molecular formula is C31H23N3O7. The summed E-state index contributed by atoms with van der Waals surface area (Å²) in [5, 5.41) is 21.8. The molecule has 0 unspecified atom stereocenters. The van der Waals surface area contributed by atoms with Crippen molar-refractivity contribution in [2.24, 2.45) is 4.99 Å². The maximum atomic E-state index is 11.6. The van der Waals surface area contributed by atoms with Gasteiger partial charge < -0.3 is 23.0 Å². The number of hydrogen-bond donors (Lipinski definition) is 0. The second-order valence-electron chi connectivity index (χ2n) is 8.66. The lowest BCUT2D eigenvalue weighted by Crippen LogP contribution is -1.93. The van der Waals surface area contributed by atoms with Crippen LogP contribution in [0.4, 0.5) is 11.6 Å². The summed E-state index contributed by atoms with van der Waals surface area (Å²) in [6.07, 6.45) is 1.40. The van der Waals surface area contributed by atoms with Crippen LogP contribution in [0.3, 0.4) is 0 Å². The van der Waals surface area contributed by atoms with Crippen molar-refractivity contribution in [2.75, 3.05) is 21.3 Å². The SMILES string of the molecule is COc1ccc(-c2oc(N=Cc3ccc(-c4ccc(OC)cc4[N+](=O)[O-])o3)c(C#N)c2-c2ccc(OC)cc2)cc1. The van der Waals surface area contributed by atoms with Gasteiger partial charge in [-0.1, -0.05) is 12.1 Å². The molecule has 0 amide bonds. The minimum Gasteiger partial charge on any atom is -0.497 e. The number of hydrogen-bond acceptors (Lipinski definition) is 9. The van der Waals surface area contributed by atoms with Crippen LogP contribution in [0.1, 0.15) is 11.3 Å². The Morgan fingerprint density at radius 3 is 2.02 bits per heavy atom. The van der Waals surface area contributed by atoms with Crippen LogP contribution in [-0.2, 0) is 0 Å². The summed E-state index contributed by atoms with van der Waals surface area (Å²) in [6, 6.07) is 24.5. The molecule has 0 atom stereocenters. The molecule has 3 aromatic carbocycles. The van der Waals surface area contributed by atoms with E-state index in [0.717, 1.165) is 11.1 Å². The Balaban J connectivity index is 1.56. The number of ether oxygens (including phenoxy) is 3. The van der Waals surface area contributed by atoms with Gasteiger partial charge in [-0.25, -0.2) is 4.99 Å². The fourth-order valence-electron chi connectivity index (χ4n) is 4.28. The zero-order chi connectivity index (χ0) is 28.9. The minimum atomic E-state index is -0.502. The number of benzene rings is 3. The smallest absolute Gasteiger partial charge is 0.284 e. The van der Waals surface area contributed by atoms with E-state index in [9.17, 15) is 15.4 Å². The Labute approximate surface area is 234 Å². The first kappa shape index (κ1) is 26.8. The molecule has 0 N–H and O–H groups in total. The number of nitrogens with zero attached hydrogens (tertiary/aromatic N) is 3. The maximum Gasteiger partial charge on any atom is 0.284 e. The van der Waals surface area contributed by atoms with E-state index in [2.05, 4.69) is 11.1 Å². The van der Waals surface area contributed by atoms with Gasteiger partial charge in [-0.2, -0.15) is 5.26 Å². The number of nitro benzene ring substituents is 1. The number of nitro groups is 1. The molecule has 10 nitrogen and oxygen atoms in total.